The molecule has 96 valence electrons. The first kappa shape index (κ1) is 13.5. The summed E-state index contributed by atoms with van der Waals surface area (Å²) < 4.78 is 6.49. The number of hydrogen-bond donors (Lipinski definition) is 1. The maximum absolute atomic E-state index is 10.0. The number of fused-ring (bicyclic) bond motifs is 1. The highest BCUT2D eigenvalue weighted by Crippen LogP contribution is 2.24. The lowest BCUT2D eigenvalue weighted by atomic mass is 10.0. The molecule has 0 radical (unpaired) electrons. The third kappa shape index (κ3) is 3.31. The van der Waals surface area contributed by atoms with Crippen LogP contribution in [0.2, 0.25) is 0 Å². The Labute approximate surface area is 116 Å². The second-order valence-corrected chi connectivity index (χ2v) is 5.56. The van der Waals surface area contributed by atoms with Gasteiger partial charge in [0.05, 0.1) is 12.7 Å². The van der Waals surface area contributed by atoms with Crippen LogP contribution in [0.15, 0.2) is 40.9 Å². The first-order chi connectivity index (χ1) is 8.56. The number of ether oxygens (including phenoxy) is 1. The van der Waals surface area contributed by atoms with Gasteiger partial charge in [-0.05, 0) is 48.4 Å². The van der Waals surface area contributed by atoms with Crippen LogP contribution >= 0.6 is 15.9 Å². The molecule has 2 aromatic carbocycles. The van der Waals surface area contributed by atoms with Crippen LogP contribution in [0.25, 0.3) is 10.8 Å². The summed E-state index contributed by atoms with van der Waals surface area (Å²) in [5.41, 5.74) is 0.894. The summed E-state index contributed by atoms with van der Waals surface area (Å²) in [5, 5.41) is 12.3. The van der Waals surface area contributed by atoms with Crippen LogP contribution in [0.5, 0.6) is 0 Å². The van der Waals surface area contributed by atoms with Crippen molar-refractivity contribution in [3.05, 3.63) is 46.4 Å². The number of aliphatic hydroxyl groups is 1. The van der Waals surface area contributed by atoms with Crippen molar-refractivity contribution < 1.29 is 9.84 Å². The van der Waals surface area contributed by atoms with Crippen LogP contribution in [0.4, 0.5) is 0 Å². The Morgan fingerprint density at radius 1 is 1.11 bits per heavy atom. The van der Waals surface area contributed by atoms with Gasteiger partial charge in [0.1, 0.15) is 6.10 Å². The van der Waals surface area contributed by atoms with Crippen LogP contribution in [0.1, 0.15) is 25.5 Å². The quantitative estimate of drug-likeness (QED) is 0.923. The smallest absolute Gasteiger partial charge is 0.102 e. The summed E-state index contributed by atoms with van der Waals surface area (Å²) >= 11 is 3.45. The largest absolute Gasteiger partial charge is 0.386 e. The fourth-order valence-corrected chi connectivity index (χ4v) is 2.20. The Kier molecular flexibility index (Phi) is 4.38. The highest BCUT2D eigenvalue weighted by atomic mass is 79.9. The predicted octanol–water partition coefficient (Wildman–Crippen LogP) is 4.06. The van der Waals surface area contributed by atoms with E-state index in [-0.39, 0.29) is 6.10 Å². The molecule has 1 unspecified atom stereocenters. The highest BCUT2D eigenvalue weighted by molar-refractivity contribution is 9.10. The van der Waals surface area contributed by atoms with Crippen molar-refractivity contribution in [2.45, 2.75) is 26.1 Å². The van der Waals surface area contributed by atoms with Gasteiger partial charge >= 0.3 is 0 Å². The first-order valence-electron chi connectivity index (χ1n) is 6.05. The van der Waals surface area contributed by atoms with Gasteiger partial charge in [-0.1, -0.05) is 34.1 Å². The number of halogens is 1. The van der Waals surface area contributed by atoms with E-state index in [9.17, 15) is 5.11 Å². The number of rotatable bonds is 4. The van der Waals surface area contributed by atoms with Crippen LogP contribution in [0.3, 0.4) is 0 Å². The van der Waals surface area contributed by atoms with Crippen molar-refractivity contribution in [1.82, 2.24) is 0 Å². The minimum Gasteiger partial charge on any atom is -0.386 e. The second kappa shape index (κ2) is 5.83. The van der Waals surface area contributed by atoms with Gasteiger partial charge in [0.25, 0.3) is 0 Å². The molecule has 0 spiro atoms. The molecule has 18 heavy (non-hydrogen) atoms. The van der Waals surface area contributed by atoms with Gasteiger partial charge in [0.2, 0.25) is 0 Å². The molecule has 2 aromatic rings. The number of aliphatic hydroxyl groups excluding tert-OH is 1. The molecule has 1 atom stereocenters. The molecule has 0 saturated carbocycles. The first-order valence-corrected chi connectivity index (χ1v) is 6.84. The maximum Gasteiger partial charge on any atom is 0.102 e. The van der Waals surface area contributed by atoms with E-state index in [2.05, 4.69) is 22.0 Å². The van der Waals surface area contributed by atoms with E-state index in [1.807, 2.05) is 44.2 Å². The molecule has 2 rings (SSSR count). The predicted molar refractivity (Wildman–Crippen MR) is 77.7 cm³/mol. The van der Waals surface area contributed by atoms with Gasteiger partial charge in [0, 0.05) is 4.47 Å². The van der Waals surface area contributed by atoms with E-state index < -0.39 is 6.10 Å². The molecule has 3 heteroatoms. The molecule has 0 heterocycles. The van der Waals surface area contributed by atoms with Gasteiger partial charge in [-0.2, -0.15) is 0 Å². The molecular weight excluding hydrogens is 292 g/mol. The zero-order valence-corrected chi connectivity index (χ0v) is 12.1. The van der Waals surface area contributed by atoms with E-state index in [0.717, 1.165) is 20.8 Å². The minimum absolute atomic E-state index is 0.135. The average Bonchev–Trinajstić information content (AvgIpc) is 2.35. The zero-order valence-electron chi connectivity index (χ0n) is 10.6. The summed E-state index contributed by atoms with van der Waals surface area (Å²) in [6, 6.07) is 12.1. The molecule has 0 amide bonds. The molecule has 2 nitrogen and oxygen atoms in total. The lowest BCUT2D eigenvalue weighted by Crippen LogP contribution is -2.11. The summed E-state index contributed by atoms with van der Waals surface area (Å²) in [6.07, 6.45) is -0.434. The molecule has 0 fully saturated rings. The van der Waals surface area contributed by atoms with Crippen molar-refractivity contribution >= 4 is 26.7 Å². The van der Waals surface area contributed by atoms with E-state index in [1.165, 1.54) is 0 Å². The Morgan fingerprint density at radius 2 is 1.78 bits per heavy atom. The third-order valence-electron chi connectivity index (χ3n) is 2.80. The summed E-state index contributed by atoms with van der Waals surface area (Å²) in [7, 11) is 0. The summed E-state index contributed by atoms with van der Waals surface area (Å²) in [4.78, 5) is 0. The Morgan fingerprint density at radius 3 is 2.50 bits per heavy atom. The fraction of sp³-hybridized carbons (Fsp3) is 0.333. The van der Waals surface area contributed by atoms with Crippen LogP contribution in [-0.4, -0.2) is 17.8 Å². The highest BCUT2D eigenvalue weighted by Gasteiger charge is 2.09. The standard InChI is InChI=1S/C15H17BrO2/c1-10(2)18-9-15(17)13-4-3-12-8-14(16)6-5-11(12)7-13/h3-8,10,15,17H,9H2,1-2H3. The van der Waals surface area contributed by atoms with Crippen molar-refractivity contribution in [3.63, 3.8) is 0 Å². The Bertz CT molecular complexity index is 537. The van der Waals surface area contributed by atoms with Gasteiger partial charge in [-0.25, -0.2) is 0 Å². The van der Waals surface area contributed by atoms with Crippen molar-refractivity contribution in [2.75, 3.05) is 6.61 Å². The van der Waals surface area contributed by atoms with Gasteiger partial charge in [0.15, 0.2) is 0 Å². The maximum atomic E-state index is 10.0. The molecule has 0 bridgehead atoms. The van der Waals surface area contributed by atoms with Gasteiger partial charge < -0.3 is 9.84 Å². The number of benzene rings is 2. The molecule has 0 aromatic heterocycles. The fourth-order valence-electron chi connectivity index (χ4n) is 1.82. The molecule has 0 aliphatic rings. The molecular formula is C15H17BrO2. The van der Waals surface area contributed by atoms with Crippen molar-refractivity contribution in [1.29, 1.82) is 0 Å². The van der Waals surface area contributed by atoms with Crippen LogP contribution in [-0.2, 0) is 4.74 Å². The SMILES string of the molecule is CC(C)OCC(O)c1ccc2cc(Br)ccc2c1. The monoisotopic (exact) mass is 308 g/mol. The molecule has 1 N–H and O–H groups in total. The molecule has 0 aliphatic carbocycles. The minimum atomic E-state index is -0.569. The van der Waals surface area contributed by atoms with Gasteiger partial charge in [-0.3, -0.25) is 0 Å². The van der Waals surface area contributed by atoms with E-state index >= 15 is 0 Å². The van der Waals surface area contributed by atoms with Crippen LogP contribution < -0.4 is 0 Å². The third-order valence-corrected chi connectivity index (χ3v) is 3.29. The average molecular weight is 309 g/mol. The summed E-state index contributed by atoms with van der Waals surface area (Å²) in [5.74, 6) is 0. The lowest BCUT2D eigenvalue weighted by Gasteiger charge is -2.14. The van der Waals surface area contributed by atoms with Crippen molar-refractivity contribution in [3.8, 4) is 0 Å². The normalized spacial score (nSPS) is 13.2. The van der Waals surface area contributed by atoms with Crippen LogP contribution in [0, 0.1) is 0 Å². The number of hydrogen-bond acceptors (Lipinski definition) is 2. The Hall–Kier alpha value is -0.900. The Balaban J connectivity index is 2.21. The van der Waals surface area contributed by atoms with E-state index in [4.69, 9.17) is 4.74 Å². The van der Waals surface area contributed by atoms with Gasteiger partial charge in [-0.15, -0.1) is 0 Å². The molecule has 0 aliphatic heterocycles. The van der Waals surface area contributed by atoms with E-state index in [1.54, 1.807) is 0 Å². The molecule has 0 saturated heterocycles. The zero-order chi connectivity index (χ0) is 13.1. The summed E-state index contributed by atoms with van der Waals surface area (Å²) in [6.45, 7) is 4.26. The topological polar surface area (TPSA) is 29.5 Å². The lowest BCUT2D eigenvalue weighted by molar-refractivity contribution is 0.00498. The second-order valence-electron chi connectivity index (χ2n) is 4.65. The van der Waals surface area contributed by atoms with E-state index in [0.29, 0.717) is 6.61 Å². The van der Waals surface area contributed by atoms with Crippen molar-refractivity contribution in [2.24, 2.45) is 0 Å².